The van der Waals surface area contributed by atoms with Crippen LogP contribution in [0.1, 0.15) is 30.0 Å². The highest BCUT2D eigenvalue weighted by Crippen LogP contribution is 2.35. The number of hydrogen-bond donors (Lipinski definition) is 2. The first-order valence-corrected chi connectivity index (χ1v) is 13.1. The second kappa shape index (κ2) is 13.5. The minimum atomic E-state index is -1.29. The Morgan fingerprint density at radius 1 is 1.12 bits per heavy atom. The zero-order valence-electron chi connectivity index (χ0n) is 22.6. The topological polar surface area (TPSA) is 138 Å². The van der Waals surface area contributed by atoms with E-state index in [4.69, 9.17) is 29.8 Å². The van der Waals surface area contributed by atoms with Crippen molar-refractivity contribution < 1.29 is 24.1 Å². The van der Waals surface area contributed by atoms with E-state index in [1.807, 2.05) is 55.5 Å². The number of methoxy groups -OCH3 is 1. The summed E-state index contributed by atoms with van der Waals surface area (Å²) in [5.41, 5.74) is 10.7. The number of nitrogens with one attached hydrogen (secondary N) is 1. The molecule has 40 heavy (non-hydrogen) atoms. The van der Waals surface area contributed by atoms with Crippen molar-refractivity contribution in [2.75, 3.05) is 26.9 Å². The van der Waals surface area contributed by atoms with Crippen LogP contribution in [0, 0.1) is 0 Å². The number of ether oxygens (including phenoxy) is 3. The van der Waals surface area contributed by atoms with Crippen LogP contribution in [-0.4, -0.2) is 55.4 Å². The molecule has 2 atom stereocenters. The molecule has 3 aromatic rings. The molecule has 0 spiro atoms. The number of aliphatic hydroxyl groups is 1. The Kier molecular flexibility index (Phi) is 9.62. The van der Waals surface area contributed by atoms with E-state index in [2.05, 4.69) is 15.3 Å². The van der Waals surface area contributed by atoms with Gasteiger partial charge in [0.05, 0.1) is 13.7 Å². The first-order valence-electron chi connectivity index (χ1n) is 13.1. The molecule has 0 fully saturated rings. The fraction of sp³-hybridized carbons (Fsp3) is 0.333. The molecule has 1 amide bonds. The van der Waals surface area contributed by atoms with Gasteiger partial charge in [-0.1, -0.05) is 41.5 Å². The lowest BCUT2D eigenvalue weighted by Gasteiger charge is -2.28. The number of nitrogens with zero attached hydrogens (tertiary/aromatic N) is 4. The van der Waals surface area contributed by atoms with Crippen LogP contribution in [-0.2, 0) is 22.4 Å². The van der Waals surface area contributed by atoms with Crippen LogP contribution in [0.25, 0.3) is 10.4 Å². The van der Waals surface area contributed by atoms with Crippen molar-refractivity contribution in [1.82, 2.24) is 5.32 Å². The molecule has 0 saturated heterocycles. The minimum absolute atomic E-state index is 0.0632. The van der Waals surface area contributed by atoms with Gasteiger partial charge in [-0.15, -0.1) is 0 Å². The number of carbonyl (C=O) groups is 1. The first kappa shape index (κ1) is 28.5. The standard InChI is InChI=1S/C30H33N5O5/c1-21-30(20-24-6-3-4-7-27(24)34-35-31,29(37)32-17-16-22-8-12-25(38-2)13-9-22)33-28(40-21)23-10-14-26(15-11-23)39-19-5-18-36/h3-4,6-15,21,36H,5,16-20H2,1-2H3,(H,32,37)/t21-,30-/m1/s1. The fourth-order valence-electron chi connectivity index (χ4n) is 4.51. The van der Waals surface area contributed by atoms with Gasteiger partial charge < -0.3 is 24.6 Å². The minimum Gasteiger partial charge on any atom is -0.497 e. The molecule has 1 aliphatic heterocycles. The van der Waals surface area contributed by atoms with E-state index in [1.54, 1.807) is 31.4 Å². The predicted octanol–water partition coefficient (Wildman–Crippen LogP) is 4.90. The Morgan fingerprint density at radius 3 is 2.55 bits per heavy atom. The van der Waals surface area contributed by atoms with Gasteiger partial charge >= 0.3 is 0 Å². The van der Waals surface area contributed by atoms with Crippen LogP contribution in [0.2, 0.25) is 0 Å². The zero-order valence-corrected chi connectivity index (χ0v) is 22.6. The third-order valence-electron chi connectivity index (χ3n) is 6.79. The van der Waals surface area contributed by atoms with Crippen LogP contribution in [0.5, 0.6) is 11.5 Å². The van der Waals surface area contributed by atoms with E-state index in [-0.39, 0.29) is 18.9 Å². The van der Waals surface area contributed by atoms with Crippen molar-refractivity contribution in [3.05, 3.63) is 99.9 Å². The number of amides is 1. The van der Waals surface area contributed by atoms with Crippen molar-refractivity contribution in [3.63, 3.8) is 0 Å². The van der Waals surface area contributed by atoms with Gasteiger partial charge in [-0.3, -0.25) is 4.79 Å². The highest BCUT2D eigenvalue weighted by molar-refractivity contribution is 6.01. The molecule has 10 nitrogen and oxygen atoms in total. The van der Waals surface area contributed by atoms with Crippen molar-refractivity contribution in [3.8, 4) is 11.5 Å². The highest BCUT2D eigenvalue weighted by atomic mass is 16.5. The predicted molar refractivity (Wildman–Crippen MR) is 152 cm³/mol. The van der Waals surface area contributed by atoms with Gasteiger partial charge in [0.25, 0.3) is 5.91 Å². The molecule has 0 saturated carbocycles. The Hall–Kier alpha value is -4.53. The van der Waals surface area contributed by atoms with Crippen molar-refractivity contribution in [1.29, 1.82) is 0 Å². The summed E-state index contributed by atoms with van der Waals surface area (Å²) in [7, 11) is 1.62. The smallest absolute Gasteiger partial charge is 0.252 e. The second-order valence-electron chi connectivity index (χ2n) is 9.40. The molecule has 0 unspecified atom stereocenters. The van der Waals surface area contributed by atoms with Crippen molar-refractivity contribution in [2.24, 2.45) is 10.1 Å². The Bertz CT molecular complexity index is 1370. The van der Waals surface area contributed by atoms with Gasteiger partial charge in [-0.2, -0.15) is 0 Å². The van der Waals surface area contributed by atoms with Crippen LogP contribution in [0.15, 0.2) is 82.9 Å². The number of hydrogen-bond acceptors (Lipinski definition) is 7. The molecule has 208 valence electrons. The third kappa shape index (κ3) is 6.72. The maximum absolute atomic E-state index is 13.9. The lowest BCUT2D eigenvalue weighted by molar-refractivity contribution is -0.128. The van der Waals surface area contributed by atoms with Gasteiger partial charge in [0, 0.05) is 42.2 Å². The summed E-state index contributed by atoms with van der Waals surface area (Å²) in [4.78, 5) is 21.7. The van der Waals surface area contributed by atoms with E-state index in [0.29, 0.717) is 54.5 Å². The number of azide groups is 1. The van der Waals surface area contributed by atoms with Crippen LogP contribution >= 0.6 is 0 Å². The van der Waals surface area contributed by atoms with Gasteiger partial charge in [-0.05, 0) is 66.4 Å². The van der Waals surface area contributed by atoms with Gasteiger partial charge in [0.2, 0.25) is 5.90 Å². The fourth-order valence-corrected chi connectivity index (χ4v) is 4.51. The van der Waals surface area contributed by atoms with E-state index in [9.17, 15) is 4.79 Å². The molecule has 3 aromatic carbocycles. The average Bonchev–Trinajstić information content (AvgIpc) is 3.31. The van der Waals surface area contributed by atoms with Crippen LogP contribution < -0.4 is 14.8 Å². The summed E-state index contributed by atoms with van der Waals surface area (Å²) in [5.74, 6) is 1.51. The Morgan fingerprint density at radius 2 is 1.85 bits per heavy atom. The Balaban J connectivity index is 1.59. The normalized spacial score (nSPS) is 17.8. The zero-order chi connectivity index (χ0) is 28.4. The molecular weight excluding hydrogens is 510 g/mol. The van der Waals surface area contributed by atoms with Crippen LogP contribution in [0.3, 0.4) is 0 Å². The number of carbonyl (C=O) groups excluding carboxylic acids is 1. The second-order valence-corrected chi connectivity index (χ2v) is 9.40. The summed E-state index contributed by atoms with van der Waals surface area (Å²) >= 11 is 0. The summed E-state index contributed by atoms with van der Waals surface area (Å²) in [6.07, 6.45) is 0.764. The summed E-state index contributed by atoms with van der Waals surface area (Å²) in [5, 5.41) is 15.8. The molecule has 1 aliphatic rings. The number of aliphatic imine (C=N–C) groups is 1. The SMILES string of the molecule is COc1ccc(CCNC(=O)[C@]2(Cc3ccccc3N=[N+]=[N-])N=C(c3ccc(OCCCO)cc3)O[C@@H]2C)cc1. The highest BCUT2D eigenvalue weighted by Gasteiger charge is 2.50. The van der Waals surface area contributed by atoms with E-state index >= 15 is 0 Å². The maximum atomic E-state index is 13.9. The summed E-state index contributed by atoms with van der Waals surface area (Å²) in [6, 6.07) is 22.1. The van der Waals surface area contributed by atoms with Gasteiger partial charge in [0.1, 0.15) is 17.6 Å². The summed E-state index contributed by atoms with van der Waals surface area (Å²) < 4.78 is 17.0. The average molecular weight is 544 g/mol. The molecule has 0 aliphatic carbocycles. The molecular formula is C30H33N5O5. The third-order valence-corrected chi connectivity index (χ3v) is 6.79. The lowest BCUT2D eigenvalue weighted by atomic mass is 9.85. The first-order chi connectivity index (χ1) is 19.5. The van der Waals surface area contributed by atoms with Gasteiger partial charge in [0.15, 0.2) is 5.54 Å². The molecule has 0 radical (unpaired) electrons. The van der Waals surface area contributed by atoms with E-state index in [1.165, 1.54) is 0 Å². The largest absolute Gasteiger partial charge is 0.497 e. The lowest BCUT2D eigenvalue weighted by Crippen LogP contribution is -2.52. The number of benzene rings is 3. The van der Waals surface area contributed by atoms with E-state index in [0.717, 1.165) is 11.3 Å². The molecule has 2 N–H and O–H groups in total. The van der Waals surface area contributed by atoms with E-state index < -0.39 is 11.6 Å². The van der Waals surface area contributed by atoms with Crippen LogP contribution in [0.4, 0.5) is 5.69 Å². The monoisotopic (exact) mass is 543 g/mol. The molecule has 10 heteroatoms. The summed E-state index contributed by atoms with van der Waals surface area (Å²) in [6.45, 7) is 2.70. The number of aliphatic hydroxyl groups excluding tert-OH is 1. The molecule has 0 bridgehead atoms. The van der Waals surface area contributed by atoms with Crippen molar-refractivity contribution in [2.45, 2.75) is 37.8 Å². The quantitative estimate of drug-likeness (QED) is 0.137. The maximum Gasteiger partial charge on any atom is 0.252 e. The Labute approximate surface area is 233 Å². The molecule has 1 heterocycles. The molecule has 4 rings (SSSR count). The van der Waals surface area contributed by atoms with Crippen molar-refractivity contribution >= 4 is 17.5 Å². The number of rotatable bonds is 13. The molecule has 0 aromatic heterocycles. The van der Waals surface area contributed by atoms with Gasteiger partial charge in [-0.25, -0.2) is 4.99 Å².